The lowest BCUT2D eigenvalue weighted by molar-refractivity contribution is 0.0106. The lowest BCUT2D eigenvalue weighted by Crippen LogP contribution is -2.27. The van der Waals surface area contributed by atoms with E-state index >= 15 is 0 Å². The summed E-state index contributed by atoms with van der Waals surface area (Å²) in [6.07, 6.45) is -0.641. The molecule has 0 saturated heterocycles. The summed E-state index contributed by atoms with van der Waals surface area (Å²) >= 11 is 3.16. The second-order valence-electron chi connectivity index (χ2n) is 2.38. The normalized spacial score (nSPS) is 16.0. The standard InChI is InChI=1S/C7H10BrNO3/c8-4-1-2-12-7(4)6(11)5(10)3-9/h1-2,5-6,10-11H,3,9H2. The van der Waals surface area contributed by atoms with E-state index in [9.17, 15) is 5.11 Å². The van der Waals surface area contributed by atoms with Gasteiger partial charge in [0.05, 0.1) is 16.8 Å². The molecule has 0 aliphatic heterocycles. The average Bonchev–Trinajstić information content (AvgIpc) is 2.48. The fourth-order valence-corrected chi connectivity index (χ4v) is 1.26. The van der Waals surface area contributed by atoms with E-state index in [4.69, 9.17) is 15.3 Å². The van der Waals surface area contributed by atoms with Gasteiger partial charge in [-0.05, 0) is 22.0 Å². The van der Waals surface area contributed by atoms with Crippen molar-refractivity contribution >= 4 is 15.9 Å². The van der Waals surface area contributed by atoms with Crippen molar-refractivity contribution in [3.8, 4) is 0 Å². The smallest absolute Gasteiger partial charge is 0.149 e. The van der Waals surface area contributed by atoms with E-state index in [1.807, 2.05) is 0 Å². The van der Waals surface area contributed by atoms with Gasteiger partial charge in [-0.15, -0.1) is 0 Å². The van der Waals surface area contributed by atoms with Gasteiger partial charge in [0.1, 0.15) is 11.9 Å². The van der Waals surface area contributed by atoms with E-state index in [1.165, 1.54) is 6.26 Å². The molecule has 0 aliphatic carbocycles. The molecule has 0 aliphatic rings. The second-order valence-corrected chi connectivity index (χ2v) is 3.24. The van der Waals surface area contributed by atoms with E-state index in [0.717, 1.165) is 0 Å². The highest BCUT2D eigenvalue weighted by molar-refractivity contribution is 9.10. The third kappa shape index (κ3) is 1.87. The zero-order valence-corrected chi connectivity index (χ0v) is 7.86. The Morgan fingerprint density at radius 3 is 2.67 bits per heavy atom. The molecular formula is C7H10BrNO3. The molecule has 0 fully saturated rings. The Morgan fingerprint density at radius 1 is 1.58 bits per heavy atom. The van der Waals surface area contributed by atoms with Crippen LogP contribution in [-0.4, -0.2) is 22.9 Å². The van der Waals surface area contributed by atoms with Crippen LogP contribution in [0.25, 0.3) is 0 Å². The van der Waals surface area contributed by atoms with Gasteiger partial charge >= 0.3 is 0 Å². The molecule has 4 nitrogen and oxygen atoms in total. The zero-order chi connectivity index (χ0) is 9.14. The molecule has 4 N–H and O–H groups in total. The molecular weight excluding hydrogens is 226 g/mol. The molecule has 1 aromatic rings. The second kappa shape index (κ2) is 4.04. The van der Waals surface area contributed by atoms with Crippen molar-refractivity contribution in [2.75, 3.05) is 6.54 Å². The lowest BCUT2D eigenvalue weighted by atomic mass is 10.1. The maximum atomic E-state index is 9.41. The highest BCUT2D eigenvalue weighted by atomic mass is 79.9. The van der Waals surface area contributed by atoms with Gasteiger partial charge in [-0.3, -0.25) is 0 Å². The summed E-state index contributed by atoms with van der Waals surface area (Å²) in [6, 6.07) is 1.64. The van der Waals surface area contributed by atoms with E-state index in [-0.39, 0.29) is 6.54 Å². The van der Waals surface area contributed by atoms with Gasteiger partial charge in [-0.1, -0.05) is 0 Å². The first-order valence-electron chi connectivity index (χ1n) is 3.46. The van der Waals surface area contributed by atoms with Gasteiger partial charge in [0.2, 0.25) is 0 Å². The van der Waals surface area contributed by atoms with Crippen LogP contribution in [0.1, 0.15) is 11.9 Å². The third-order valence-electron chi connectivity index (χ3n) is 1.52. The molecule has 0 bridgehead atoms. The van der Waals surface area contributed by atoms with E-state index < -0.39 is 12.2 Å². The summed E-state index contributed by atoms with van der Waals surface area (Å²) in [5.41, 5.74) is 5.16. The minimum Gasteiger partial charge on any atom is -0.465 e. The van der Waals surface area contributed by atoms with Gasteiger partial charge in [0.25, 0.3) is 0 Å². The minimum absolute atomic E-state index is 0.00565. The van der Waals surface area contributed by atoms with Crippen molar-refractivity contribution in [1.29, 1.82) is 0 Å². The summed E-state index contributed by atoms with van der Waals surface area (Å²) < 4.78 is 5.56. The largest absolute Gasteiger partial charge is 0.465 e. The Labute approximate surface area is 78.1 Å². The molecule has 2 atom stereocenters. The summed E-state index contributed by atoms with van der Waals surface area (Å²) in [7, 11) is 0. The highest BCUT2D eigenvalue weighted by Gasteiger charge is 2.21. The van der Waals surface area contributed by atoms with Crippen LogP contribution < -0.4 is 5.73 Å². The topological polar surface area (TPSA) is 79.6 Å². The SMILES string of the molecule is NCC(O)C(O)c1occc1Br. The van der Waals surface area contributed by atoms with E-state index in [1.54, 1.807) is 6.07 Å². The van der Waals surface area contributed by atoms with Crippen LogP contribution in [0, 0.1) is 0 Å². The van der Waals surface area contributed by atoms with Gasteiger partial charge in [0, 0.05) is 6.54 Å². The fourth-order valence-electron chi connectivity index (χ4n) is 0.820. The summed E-state index contributed by atoms with van der Waals surface area (Å²) in [4.78, 5) is 0. The number of nitrogens with two attached hydrogens (primary N) is 1. The number of rotatable bonds is 3. The third-order valence-corrected chi connectivity index (χ3v) is 2.17. The quantitative estimate of drug-likeness (QED) is 0.709. The Morgan fingerprint density at radius 2 is 2.25 bits per heavy atom. The summed E-state index contributed by atoms with van der Waals surface area (Å²) in [5.74, 6) is 0.299. The van der Waals surface area contributed by atoms with Crippen molar-refractivity contribution in [2.45, 2.75) is 12.2 Å². The van der Waals surface area contributed by atoms with Crippen molar-refractivity contribution < 1.29 is 14.6 Å². The maximum absolute atomic E-state index is 9.41. The van der Waals surface area contributed by atoms with Gasteiger partial charge in [0.15, 0.2) is 0 Å². The number of aliphatic hydroxyl groups is 2. The van der Waals surface area contributed by atoms with E-state index in [2.05, 4.69) is 15.9 Å². The van der Waals surface area contributed by atoms with Gasteiger partial charge < -0.3 is 20.4 Å². The first-order chi connectivity index (χ1) is 5.66. The van der Waals surface area contributed by atoms with Crippen LogP contribution in [0.2, 0.25) is 0 Å². The molecule has 0 aromatic carbocycles. The van der Waals surface area contributed by atoms with Gasteiger partial charge in [-0.2, -0.15) is 0 Å². The Kier molecular flexibility index (Phi) is 3.28. The Hall–Kier alpha value is -0.360. The Bertz CT molecular complexity index is 251. The van der Waals surface area contributed by atoms with Crippen molar-refractivity contribution in [3.63, 3.8) is 0 Å². The van der Waals surface area contributed by atoms with Crippen LogP contribution in [0.4, 0.5) is 0 Å². The molecule has 0 spiro atoms. The van der Waals surface area contributed by atoms with Crippen LogP contribution in [-0.2, 0) is 0 Å². The number of halogens is 1. The molecule has 0 saturated carbocycles. The highest BCUT2D eigenvalue weighted by Crippen LogP contribution is 2.26. The monoisotopic (exact) mass is 235 g/mol. The maximum Gasteiger partial charge on any atom is 0.149 e. The average molecular weight is 236 g/mol. The molecule has 2 unspecified atom stereocenters. The molecule has 0 amide bonds. The van der Waals surface area contributed by atoms with Crippen LogP contribution in [0.3, 0.4) is 0 Å². The van der Waals surface area contributed by atoms with E-state index in [0.29, 0.717) is 10.2 Å². The van der Waals surface area contributed by atoms with Crippen LogP contribution in [0.15, 0.2) is 21.2 Å². The molecule has 1 aromatic heterocycles. The lowest BCUT2D eigenvalue weighted by Gasteiger charge is -2.13. The van der Waals surface area contributed by atoms with Crippen LogP contribution >= 0.6 is 15.9 Å². The Balaban J connectivity index is 2.77. The van der Waals surface area contributed by atoms with Crippen molar-refractivity contribution in [2.24, 2.45) is 5.73 Å². The first kappa shape index (κ1) is 9.73. The molecule has 1 rings (SSSR count). The summed E-state index contributed by atoms with van der Waals surface area (Å²) in [5, 5.41) is 18.6. The number of hydrogen-bond acceptors (Lipinski definition) is 4. The van der Waals surface area contributed by atoms with Gasteiger partial charge in [-0.25, -0.2) is 0 Å². The minimum atomic E-state index is -1.07. The number of furan rings is 1. The number of aliphatic hydroxyl groups excluding tert-OH is 2. The number of hydrogen-bond donors (Lipinski definition) is 3. The molecule has 1 heterocycles. The summed E-state index contributed by atoms with van der Waals surface area (Å²) in [6.45, 7) is -0.00565. The first-order valence-corrected chi connectivity index (χ1v) is 4.25. The predicted molar refractivity (Wildman–Crippen MR) is 46.4 cm³/mol. The van der Waals surface area contributed by atoms with Crippen molar-refractivity contribution in [3.05, 3.63) is 22.6 Å². The predicted octanol–water partition coefficient (Wildman–Crippen LogP) is 0.395. The molecule has 5 heteroatoms. The van der Waals surface area contributed by atoms with Crippen molar-refractivity contribution in [1.82, 2.24) is 0 Å². The fraction of sp³-hybridized carbons (Fsp3) is 0.429. The van der Waals surface area contributed by atoms with Crippen LogP contribution in [0.5, 0.6) is 0 Å². The molecule has 0 radical (unpaired) electrons. The molecule has 68 valence electrons. The zero-order valence-electron chi connectivity index (χ0n) is 6.27. The molecule has 12 heavy (non-hydrogen) atoms.